The monoisotopic (exact) mass is 358 g/mol. The number of aliphatic carboxylic acids is 1. The summed E-state index contributed by atoms with van der Waals surface area (Å²) in [5, 5.41) is 13.7. The van der Waals surface area contributed by atoms with Gasteiger partial charge in [-0.2, -0.15) is 0 Å². The minimum Gasteiger partial charge on any atom is -0.548 e. The van der Waals surface area contributed by atoms with Crippen molar-refractivity contribution in [3.8, 4) is 22.8 Å². The zero-order valence-corrected chi connectivity index (χ0v) is 14.8. The van der Waals surface area contributed by atoms with Gasteiger partial charge < -0.3 is 29.1 Å². The fraction of sp³-hybridized carbons (Fsp3) is 0.368. The Labute approximate surface area is 150 Å². The van der Waals surface area contributed by atoms with E-state index in [0.29, 0.717) is 36.2 Å². The summed E-state index contributed by atoms with van der Waals surface area (Å²) in [6, 6.07) is 5.89. The molecule has 1 aliphatic rings. The Hall–Kier alpha value is -2.96. The van der Waals surface area contributed by atoms with Gasteiger partial charge in [0.1, 0.15) is 24.7 Å². The van der Waals surface area contributed by atoms with Gasteiger partial charge >= 0.3 is 0 Å². The van der Waals surface area contributed by atoms with Gasteiger partial charge in [-0.3, -0.25) is 4.79 Å². The first-order valence-corrected chi connectivity index (χ1v) is 8.39. The fourth-order valence-corrected chi connectivity index (χ4v) is 2.76. The van der Waals surface area contributed by atoms with Crippen LogP contribution in [-0.2, 0) is 4.79 Å². The predicted octanol–water partition coefficient (Wildman–Crippen LogP) is 1.53. The van der Waals surface area contributed by atoms with Gasteiger partial charge in [0, 0.05) is 5.56 Å². The molecule has 138 valence electrons. The van der Waals surface area contributed by atoms with Gasteiger partial charge in [-0.25, -0.2) is 0 Å². The van der Waals surface area contributed by atoms with E-state index in [9.17, 15) is 14.7 Å². The van der Waals surface area contributed by atoms with Gasteiger partial charge in [0.2, 0.25) is 0 Å². The molecular formula is C19H20NO6-. The fourth-order valence-electron chi connectivity index (χ4n) is 2.76. The summed E-state index contributed by atoms with van der Waals surface area (Å²) in [4.78, 5) is 23.6. The summed E-state index contributed by atoms with van der Waals surface area (Å²) >= 11 is 0. The molecule has 7 heteroatoms. The van der Waals surface area contributed by atoms with Crippen LogP contribution in [0.2, 0.25) is 0 Å². The smallest absolute Gasteiger partial charge is 0.255 e. The Morgan fingerprint density at radius 2 is 1.81 bits per heavy atom. The van der Waals surface area contributed by atoms with Gasteiger partial charge in [0.15, 0.2) is 11.5 Å². The first-order valence-electron chi connectivity index (χ1n) is 8.39. The molecular weight excluding hydrogens is 338 g/mol. The molecule has 7 nitrogen and oxygen atoms in total. The van der Waals surface area contributed by atoms with E-state index in [-0.39, 0.29) is 11.5 Å². The highest BCUT2D eigenvalue weighted by molar-refractivity contribution is 5.98. The van der Waals surface area contributed by atoms with Gasteiger partial charge in [-0.1, -0.05) is 13.8 Å². The van der Waals surface area contributed by atoms with Crippen molar-refractivity contribution in [3.63, 3.8) is 0 Å². The minimum absolute atomic E-state index is 0.279. The van der Waals surface area contributed by atoms with Crippen molar-refractivity contribution in [2.45, 2.75) is 26.8 Å². The van der Waals surface area contributed by atoms with Crippen molar-refractivity contribution < 1.29 is 28.6 Å². The van der Waals surface area contributed by atoms with E-state index in [4.69, 9.17) is 13.9 Å². The van der Waals surface area contributed by atoms with Crippen molar-refractivity contribution in [2.24, 2.45) is 5.92 Å². The van der Waals surface area contributed by atoms with Crippen LogP contribution in [0.1, 0.15) is 30.0 Å². The lowest BCUT2D eigenvalue weighted by Gasteiger charge is -2.22. The Morgan fingerprint density at radius 3 is 2.46 bits per heavy atom. The number of hydrogen-bond donors (Lipinski definition) is 1. The third-order valence-electron chi connectivity index (χ3n) is 4.20. The highest BCUT2D eigenvalue weighted by atomic mass is 16.6. The van der Waals surface area contributed by atoms with Gasteiger partial charge in [0.05, 0.1) is 17.6 Å². The molecule has 0 saturated heterocycles. The lowest BCUT2D eigenvalue weighted by atomic mass is 10.0. The first-order chi connectivity index (χ1) is 12.4. The quantitative estimate of drug-likeness (QED) is 0.870. The summed E-state index contributed by atoms with van der Waals surface area (Å²) in [6.45, 7) is 6.03. The standard InChI is InChI=1S/C19H21NO6/c1-10(2)17(19(22)23)20-18(21)13-9-15(26-11(13)3)12-4-5-14-16(8-12)25-7-6-24-14/h4-5,8-10,17H,6-7H2,1-3H3,(H,20,21)(H,22,23)/p-1/t17-/m0/s1. The maximum Gasteiger partial charge on any atom is 0.255 e. The normalized spacial score (nSPS) is 14.2. The average molecular weight is 358 g/mol. The molecule has 1 aliphatic heterocycles. The number of ether oxygens (including phenoxy) is 2. The Balaban J connectivity index is 1.85. The SMILES string of the molecule is Cc1oc(-c2ccc3c(c2)OCCO3)cc1C(=O)N[C@H](C(=O)[O-])C(C)C. The highest BCUT2D eigenvalue weighted by Crippen LogP contribution is 2.35. The highest BCUT2D eigenvalue weighted by Gasteiger charge is 2.22. The second-order valence-electron chi connectivity index (χ2n) is 6.45. The van der Waals surface area contributed by atoms with Crippen LogP contribution in [0.3, 0.4) is 0 Å². The van der Waals surface area contributed by atoms with Crippen molar-refractivity contribution in [3.05, 3.63) is 35.6 Å². The van der Waals surface area contributed by atoms with E-state index in [1.165, 1.54) is 0 Å². The second kappa shape index (κ2) is 7.11. The number of carboxylic acid groups (broad SMARTS) is 1. The van der Waals surface area contributed by atoms with Crippen molar-refractivity contribution >= 4 is 11.9 Å². The molecule has 1 N–H and O–H groups in total. The molecule has 0 saturated carbocycles. The van der Waals surface area contributed by atoms with E-state index < -0.39 is 17.9 Å². The van der Waals surface area contributed by atoms with Crippen LogP contribution >= 0.6 is 0 Å². The number of amides is 1. The molecule has 2 aromatic rings. The molecule has 1 atom stereocenters. The summed E-state index contributed by atoms with van der Waals surface area (Å²) in [7, 11) is 0. The van der Waals surface area contributed by atoms with Gasteiger partial charge in [0.25, 0.3) is 5.91 Å². The van der Waals surface area contributed by atoms with Crippen molar-refractivity contribution in [1.29, 1.82) is 0 Å². The molecule has 1 aromatic heterocycles. The van der Waals surface area contributed by atoms with E-state index in [2.05, 4.69) is 5.32 Å². The van der Waals surface area contributed by atoms with E-state index in [1.807, 2.05) is 6.07 Å². The summed E-state index contributed by atoms with van der Waals surface area (Å²) in [5.74, 6) is 0.0287. The number of nitrogens with one attached hydrogen (secondary N) is 1. The molecule has 0 unspecified atom stereocenters. The largest absolute Gasteiger partial charge is 0.548 e. The third kappa shape index (κ3) is 3.51. The topological polar surface area (TPSA) is 101 Å². The lowest BCUT2D eigenvalue weighted by Crippen LogP contribution is -2.50. The van der Waals surface area contributed by atoms with Gasteiger partial charge in [-0.15, -0.1) is 0 Å². The Kier molecular flexibility index (Phi) is 4.88. The Morgan fingerprint density at radius 1 is 1.12 bits per heavy atom. The van der Waals surface area contributed by atoms with Crippen LogP contribution in [0.15, 0.2) is 28.7 Å². The zero-order chi connectivity index (χ0) is 18.8. The summed E-state index contributed by atoms with van der Waals surface area (Å²) in [5.41, 5.74) is 1.01. The molecule has 0 aliphatic carbocycles. The first kappa shape index (κ1) is 17.8. The number of fused-ring (bicyclic) bond motifs is 1. The van der Waals surface area contributed by atoms with Gasteiger partial charge in [-0.05, 0) is 37.1 Å². The number of hydrogen-bond acceptors (Lipinski definition) is 6. The van der Waals surface area contributed by atoms with E-state index in [0.717, 1.165) is 5.56 Å². The summed E-state index contributed by atoms with van der Waals surface area (Å²) in [6.07, 6.45) is 0. The number of carbonyl (C=O) groups excluding carboxylic acids is 2. The van der Waals surface area contributed by atoms with Crippen LogP contribution in [0.4, 0.5) is 0 Å². The van der Waals surface area contributed by atoms with Crippen molar-refractivity contribution in [1.82, 2.24) is 5.32 Å². The number of carbonyl (C=O) groups is 2. The molecule has 1 amide bonds. The summed E-state index contributed by atoms with van der Waals surface area (Å²) < 4.78 is 16.7. The minimum atomic E-state index is -1.32. The number of carboxylic acids is 1. The zero-order valence-electron chi connectivity index (χ0n) is 14.8. The van der Waals surface area contributed by atoms with Crippen LogP contribution in [0.25, 0.3) is 11.3 Å². The lowest BCUT2D eigenvalue weighted by molar-refractivity contribution is -0.309. The van der Waals surface area contributed by atoms with Crippen LogP contribution in [0.5, 0.6) is 11.5 Å². The molecule has 0 bridgehead atoms. The van der Waals surface area contributed by atoms with E-state index in [1.54, 1.807) is 39.0 Å². The third-order valence-corrected chi connectivity index (χ3v) is 4.20. The molecule has 0 fully saturated rings. The average Bonchev–Trinajstić information content (AvgIpc) is 3.00. The molecule has 26 heavy (non-hydrogen) atoms. The maximum absolute atomic E-state index is 12.5. The molecule has 0 radical (unpaired) electrons. The van der Waals surface area contributed by atoms with Crippen LogP contribution in [0, 0.1) is 12.8 Å². The second-order valence-corrected chi connectivity index (χ2v) is 6.45. The molecule has 2 heterocycles. The number of furan rings is 1. The number of aryl methyl sites for hydroxylation is 1. The number of benzene rings is 1. The molecule has 1 aromatic carbocycles. The van der Waals surface area contributed by atoms with Crippen molar-refractivity contribution in [2.75, 3.05) is 13.2 Å². The predicted molar refractivity (Wildman–Crippen MR) is 91.0 cm³/mol. The Bertz CT molecular complexity index is 839. The van der Waals surface area contributed by atoms with Crippen LogP contribution in [-0.4, -0.2) is 31.1 Å². The molecule has 0 spiro atoms. The van der Waals surface area contributed by atoms with Crippen LogP contribution < -0.4 is 19.9 Å². The maximum atomic E-state index is 12.5. The molecule has 3 rings (SSSR count). The number of rotatable bonds is 5. The van der Waals surface area contributed by atoms with E-state index >= 15 is 0 Å².